The molecular formula is C15H15ClN2O2S. The summed E-state index contributed by atoms with van der Waals surface area (Å²) in [5.41, 5.74) is 1.51. The minimum atomic E-state index is -0.608. The van der Waals surface area contributed by atoms with Gasteiger partial charge in [0.15, 0.2) is 0 Å². The Morgan fingerprint density at radius 3 is 2.90 bits per heavy atom. The summed E-state index contributed by atoms with van der Waals surface area (Å²) in [7, 11) is 0. The number of hydrogen-bond acceptors (Lipinski definition) is 3. The van der Waals surface area contributed by atoms with Gasteiger partial charge in [-0.3, -0.25) is 9.59 Å². The number of aromatic amines is 2. The summed E-state index contributed by atoms with van der Waals surface area (Å²) in [5, 5.41) is 1.51. The molecule has 0 fully saturated rings. The Morgan fingerprint density at radius 1 is 1.24 bits per heavy atom. The first-order valence-corrected chi connectivity index (χ1v) is 8.20. The van der Waals surface area contributed by atoms with Crippen LogP contribution in [-0.2, 0) is 12.8 Å². The zero-order valence-electron chi connectivity index (χ0n) is 11.3. The van der Waals surface area contributed by atoms with Gasteiger partial charge < -0.3 is 9.97 Å². The number of thioether (sulfide) groups is 1. The molecule has 1 heterocycles. The fourth-order valence-electron chi connectivity index (χ4n) is 2.63. The number of aromatic nitrogens is 2. The second kappa shape index (κ2) is 6.12. The van der Waals surface area contributed by atoms with Crippen molar-refractivity contribution >= 4 is 23.4 Å². The van der Waals surface area contributed by atoms with Gasteiger partial charge >= 0.3 is 11.1 Å². The topological polar surface area (TPSA) is 65.7 Å². The van der Waals surface area contributed by atoms with Crippen molar-refractivity contribution in [1.82, 2.24) is 9.97 Å². The van der Waals surface area contributed by atoms with Gasteiger partial charge in [0.05, 0.1) is 5.03 Å². The number of rotatable bonds is 3. The molecule has 0 radical (unpaired) electrons. The first-order chi connectivity index (χ1) is 10.1. The first-order valence-electron chi connectivity index (χ1n) is 6.84. The quantitative estimate of drug-likeness (QED) is 0.674. The minimum Gasteiger partial charge on any atom is -0.322 e. The van der Waals surface area contributed by atoms with E-state index >= 15 is 0 Å². The molecule has 0 aliphatic heterocycles. The van der Waals surface area contributed by atoms with E-state index in [9.17, 15) is 9.59 Å². The fourth-order valence-corrected chi connectivity index (χ4v) is 3.83. The zero-order valence-corrected chi connectivity index (χ0v) is 12.9. The van der Waals surface area contributed by atoms with Gasteiger partial charge in [0.1, 0.15) is 0 Å². The van der Waals surface area contributed by atoms with Crippen molar-refractivity contribution in [1.29, 1.82) is 0 Å². The van der Waals surface area contributed by atoms with Gasteiger partial charge in [-0.05, 0) is 48.4 Å². The second-order valence-corrected chi connectivity index (χ2v) is 6.77. The van der Waals surface area contributed by atoms with Crippen molar-refractivity contribution in [3.05, 3.63) is 61.3 Å². The van der Waals surface area contributed by atoms with Crippen LogP contribution in [0.5, 0.6) is 0 Å². The Labute approximate surface area is 130 Å². The molecule has 0 amide bonds. The number of hydrogen-bond donors (Lipinski definition) is 2. The molecule has 0 spiro atoms. The molecule has 1 unspecified atom stereocenters. The Bertz CT molecular complexity index is 769. The van der Waals surface area contributed by atoms with Crippen LogP contribution in [0.15, 0.2) is 39.0 Å². The Morgan fingerprint density at radius 2 is 2.10 bits per heavy atom. The Hall–Kier alpha value is -1.46. The van der Waals surface area contributed by atoms with Gasteiger partial charge in [-0.1, -0.05) is 17.7 Å². The third kappa shape index (κ3) is 3.41. The lowest BCUT2D eigenvalue weighted by atomic mass is 9.85. The molecular weight excluding hydrogens is 308 g/mol. The number of fused-ring (bicyclic) bond motifs is 1. The third-order valence-electron chi connectivity index (χ3n) is 3.75. The van der Waals surface area contributed by atoms with Crippen molar-refractivity contribution in [2.45, 2.75) is 24.3 Å². The molecule has 2 N–H and O–H groups in total. The van der Waals surface area contributed by atoms with E-state index in [1.54, 1.807) is 18.0 Å². The number of aryl methyl sites for hydroxylation is 1. The van der Waals surface area contributed by atoms with Crippen LogP contribution in [0.25, 0.3) is 0 Å². The maximum atomic E-state index is 11.3. The predicted octanol–water partition coefficient (Wildman–Crippen LogP) is 2.61. The van der Waals surface area contributed by atoms with Gasteiger partial charge in [-0.15, -0.1) is 11.8 Å². The van der Waals surface area contributed by atoms with E-state index in [-0.39, 0.29) is 0 Å². The van der Waals surface area contributed by atoms with Crippen molar-refractivity contribution in [2.24, 2.45) is 5.92 Å². The van der Waals surface area contributed by atoms with E-state index in [1.165, 1.54) is 11.1 Å². The summed E-state index contributed by atoms with van der Waals surface area (Å²) in [5.74, 6) is 1.49. The Balaban J connectivity index is 1.64. The number of benzene rings is 1. The standard InChI is InChI=1S/C15H15ClN2O2S/c16-12-4-3-10-5-9(1-2-11(10)6-12)8-21-13-7-17-14(19)15(20)18-13/h3-4,6-7,9H,1-2,5,8H2,(H,17,19)(H,18,20). The second-order valence-electron chi connectivity index (χ2n) is 5.27. The van der Waals surface area contributed by atoms with Crippen molar-refractivity contribution in [2.75, 3.05) is 5.75 Å². The average molecular weight is 323 g/mol. The third-order valence-corrected chi connectivity index (χ3v) is 5.15. The lowest BCUT2D eigenvalue weighted by Crippen LogP contribution is -2.29. The van der Waals surface area contributed by atoms with E-state index < -0.39 is 11.1 Å². The van der Waals surface area contributed by atoms with Crippen molar-refractivity contribution < 1.29 is 0 Å². The van der Waals surface area contributed by atoms with Crippen molar-refractivity contribution in [3.8, 4) is 0 Å². The highest BCUT2D eigenvalue weighted by atomic mass is 35.5. The predicted molar refractivity (Wildman–Crippen MR) is 85.4 cm³/mol. The van der Waals surface area contributed by atoms with Crippen LogP contribution in [0.1, 0.15) is 17.5 Å². The van der Waals surface area contributed by atoms with Gasteiger partial charge in [0.25, 0.3) is 0 Å². The first kappa shape index (κ1) is 14.5. The van der Waals surface area contributed by atoms with Gasteiger partial charge in [0, 0.05) is 17.0 Å². The van der Waals surface area contributed by atoms with Crippen LogP contribution in [0.4, 0.5) is 0 Å². The largest absolute Gasteiger partial charge is 0.322 e. The van der Waals surface area contributed by atoms with E-state index in [1.807, 2.05) is 6.07 Å². The molecule has 2 aromatic rings. The molecule has 1 aliphatic rings. The highest BCUT2D eigenvalue weighted by Crippen LogP contribution is 2.30. The molecule has 1 atom stereocenters. The average Bonchev–Trinajstić information content (AvgIpc) is 2.48. The smallest absolute Gasteiger partial charge is 0.314 e. The van der Waals surface area contributed by atoms with Gasteiger partial charge in [-0.25, -0.2) is 0 Å². The molecule has 0 saturated carbocycles. The fraction of sp³-hybridized carbons (Fsp3) is 0.333. The molecule has 6 heteroatoms. The normalized spacial score (nSPS) is 17.5. The summed E-state index contributed by atoms with van der Waals surface area (Å²) in [4.78, 5) is 27.3. The minimum absolute atomic E-state index is 0.569. The highest BCUT2D eigenvalue weighted by molar-refractivity contribution is 7.99. The summed E-state index contributed by atoms with van der Waals surface area (Å²) in [6.07, 6.45) is 4.76. The highest BCUT2D eigenvalue weighted by Gasteiger charge is 2.19. The molecule has 21 heavy (non-hydrogen) atoms. The molecule has 0 bridgehead atoms. The van der Waals surface area contributed by atoms with Gasteiger partial charge in [-0.2, -0.15) is 0 Å². The van der Waals surface area contributed by atoms with E-state index in [4.69, 9.17) is 11.6 Å². The van der Waals surface area contributed by atoms with E-state index in [0.717, 1.165) is 30.0 Å². The molecule has 1 aromatic carbocycles. The molecule has 1 aliphatic carbocycles. The van der Waals surface area contributed by atoms with Crippen LogP contribution in [0.2, 0.25) is 5.02 Å². The molecule has 1 aromatic heterocycles. The Kier molecular flexibility index (Phi) is 4.22. The lowest BCUT2D eigenvalue weighted by Gasteiger charge is -2.24. The van der Waals surface area contributed by atoms with Crippen LogP contribution in [0, 0.1) is 5.92 Å². The number of halogens is 1. The maximum absolute atomic E-state index is 11.3. The van der Waals surface area contributed by atoms with Crippen LogP contribution in [-0.4, -0.2) is 15.7 Å². The number of H-pyrrole nitrogens is 2. The summed E-state index contributed by atoms with van der Waals surface area (Å²) >= 11 is 7.59. The lowest BCUT2D eigenvalue weighted by molar-refractivity contribution is 0.509. The molecule has 0 saturated heterocycles. The van der Waals surface area contributed by atoms with E-state index in [2.05, 4.69) is 22.1 Å². The summed E-state index contributed by atoms with van der Waals surface area (Å²) in [6.45, 7) is 0. The monoisotopic (exact) mass is 322 g/mol. The maximum Gasteiger partial charge on any atom is 0.314 e. The summed E-state index contributed by atoms with van der Waals surface area (Å²) < 4.78 is 0. The molecule has 4 nitrogen and oxygen atoms in total. The van der Waals surface area contributed by atoms with Crippen molar-refractivity contribution in [3.63, 3.8) is 0 Å². The summed E-state index contributed by atoms with van der Waals surface area (Å²) in [6, 6.07) is 6.10. The van der Waals surface area contributed by atoms with Crippen LogP contribution in [0.3, 0.4) is 0 Å². The van der Waals surface area contributed by atoms with Crippen LogP contribution < -0.4 is 11.1 Å². The zero-order chi connectivity index (χ0) is 14.8. The van der Waals surface area contributed by atoms with Gasteiger partial charge in [0.2, 0.25) is 0 Å². The van der Waals surface area contributed by atoms with E-state index in [0.29, 0.717) is 10.9 Å². The molecule has 3 rings (SSSR count). The van der Waals surface area contributed by atoms with Crippen LogP contribution >= 0.6 is 23.4 Å². The molecule has 110 valence electrons. The SMILES string of the molecule is O=c1[nH]cc(SCC2CCc3cc(Cl)ccc3C2)[nH]c1=O. The number of nitrogens with one attached hydrogen (secondary N) is 2.